The molecule has 2 amide bonds. The summed E-state index contributed by atoms with van der Waals surface area (Å²) >= 11 is 0. The molecule has 0 spiro atoms. The zero-order chi connectivity index (χ0) is 21.9. The Bertz CT molecular complexity index is 1000. The van der Waals surface area contributed by atoms with Crippen molar-refractivity contribution in [3.63, 3.8) is 0 Å². The van der Waals surface area contributed by atoms with Crippen molar-refractivity contribution in [1.82, 2.24) is 4.90 Å². The molecule has 0 aliphatic carbocycles. The number of nitrogens with zero attached hydrogens (tertiary/aromatic N) is 1. The van der Waals surface area contributed by atoms with Gasteiger partial charge in [-0.2, -0.15) is 0 Å². The molecule has 0 radical (unpaired) electrons. The molecule has 3 heterocycles. The molecule has 5 rings (SSSR count). The normalized spacial score (nSPS) is 22.4. The zero-order valence-corrected chi connectivity index (χ0v) is 18.0. The number of hydrogen-bond acceptors (Lipinski definition) is 5. The molecule has 0 aromatic heterocycles. The standard InChI is InChI=1S/C25H28N2O5/c28-24(22-8-3-12-31-22)26-19-6-1-5-18(15-19)25(29)27-11-2-7-20(27)17-9-10-21-23(16-17)32-14-4-13-30-21/h1,5-6,9-10,15-16,20,22H,2-4,7-8,11-14H2,(H,26,28)/t20-,22+/m1/s1. The number of rotatable bonds is 4. The highest BCUT2D eigenvalue weighted by atomic mass is 16.5. The van der Waals surface area contributed by atoms with Crippen molar-refractivity contribution in [3.8, 4) is 11.5 Å². The van der Waals surface area contributed by atoms with Crippen LogP contribution in [0, 0.1) is 0 Å². The van der Waals surface area contributed by atoms with Crippen molar-refractivity contribution < 1.29 is 23.8 Å². The minimum atomic E-state index is -0.406. The predicted octanol–water partition coefficient (Wildman–Crippen LogP) is 3.94. The summed E-state index contributed by atoms with van der Waals surface area (Å²) in [5, 5.41) is 2.89. The molecule has 2 atom stereocenters. The van der Waals surface area contributed by atoms with Crippen LogP contribution in [-0.2, 0) is 9.53 Å². The maximum absolute atomic E-state index is 13.4. The number of carbonyl (C=O) groups excluding carboxylic acids is 2. The maximum Gasteiger partial charge on any atom is 0.254 e. The van der Waals surface area contributed by atoms with E-state index in [4.69, 9.17) is 14.2 Å². The molecular formula is C25H28N2O5. The number of anilines is 1. The molecule has 0 bridgehead atoms. The van der Waals surface area contributed by atoms with Crippen LogP contribution in [0.4, 0.5) is 5.69 Å². The van der Waals surface area contributed by atoms with Gasteiger partial charge in [-0.05, 0) is 61.6 Å². The number of benzene rings is 2. The first-order chi connectivity index (χ1) is 15.7. The second-order valence-electron chi connectivity index (χ2n) is 8.48. The molecule has 168 valence electrons. The van der Waals surface area contributed by atoms with Gasteiger partial charge in [-0.15, -0.1) is 0 Å². The summed E-state index contributed by atoms with van der Waals surface area (Å²) < 4.78 is 17.0. The Labute approximate surface area is 187 Å². The summed E-state index contributed by atoms with van der Waals surface area (Å²) in [5.41, 5.74) is 2.24. The third kappa shape index (κ3) is 4.30. The molecule has 7 nitrogen and oxygen atoms in total. The minimum absolute atomic E-state index is 0.00945. The Balaban J connectivity index is 1.32. The van der Waals surface area contributed by atoms with Crippen LogP contribution >= 0.6 is 0 Å². The molecule has 0 saturated carbocycles. The van der Waals surface area contributed by atoms with Gasteiger partial charge in [-0.3, -0.25) is 9.59 Å². The van der Waals surface area contributed by atoms with Crippen molar-refractivity contribution in [1.29, 1.82) is 0 Å². The fraction of sp³-hybridized carbons (Fsp3) is 0.440. The predicted molar refractivity (Wildman–Crippen MR) is 119 cm³/mol. The third-order valence-electron chi connectivity index (χ3n) is 6.27. The lowest BCUT2D eigenvalue weighted by Gasteiger charge is -2.26. The second kappa shape index (κ2) is 9.20. The number of fused-ring (bicyclic) bond motifs is 1. The number of amides is 2. The van der Waals surface area contributed by atoms with Gasteiger partial charge in [-0.1, -0.05) is 12.1 Å². The van der Waals surface area contributed by atoms with E-state index < -0.39 is 6.10 Å². The minimum Gasteiger partial charge on any atom is -0.490 e. The largest absolute Gasteiger partial charge is 0.490 e. The highest BCUT2D eigenvalue weighted by molar-refractivity contribution is 5.98. The van der Waals surface area contributed by atoms with Crippen molar-refractivity contribution in [2.75, 3.05) is 31.7 Å². The summed E-state index contributed by atoms with van der Waals surface area (Å²) in [6.45, 7) is 2.60. The van der Waals surface area contributed by atoms with E-state index in [0.29, 0.717) is 37.6 Å². The van der Waals surface area contributed by atoms with Crippen LogP contribution in [0.2, 0.25) is 0 Å². The van der Waals surface area contributed by atoms with Gasteiger partial charge in [0.1, 0.15) is 6.10 Å². The van der Waals surface area contributed by atoms with Gasteiger partial charge in [0.15, 0.2) is 11.5 Å². The number of ether oxygens (including phenoxy) is 3. The number of nitrogens with one attached hydrogen (secondary N) is 1. The average Bonchev–Trinajstić information content (AvgIpc) is 3.47. The van der Waals surface area contributed by atoms with E-state index in [1.807, 2.05) is 23.1 Å². The lowest BCUT2D eigenvalue weighted by atomic mass is 10.0. The Kier molecular flexibility index (Phi) is 5.99. The van der Waals surface area contributed by atoms with Gasteiger partial charge in [0.2, 0.25) is 0 Å². The first-order valence-electron chi connectivity index (χ1n) is 11.4. The van der Waals surface area contributed by atoms with Gasteiger partial charge < -0.3 is 24.4 Å². The van der Waals surface area contributed by atoms with Crippen LogP contribution in [0.1, 0.15) is 54.1 Å². The monoisotopic (exact) mass is 436 g/mol. The van der Waals surface area contributed by atoms with E-state index >= 15 is 0 Å². The third-order valence-corrected chi connectivity index (χ3v) is 6.27. The lowest BCUT2D eigenvalue weighted by molar-refractivity contribution is -0.124. The fourth-order valence-electron chi connectivity index (χ4n) is 4.65. The summed E-state index contributed by atoms with van der Waals surface area (Å²) in [6, 6.07) is 13.1. The molecule has 0 unspecified atom stereocenters. The molecular weight excluding hydrogens is 408 g/mol. The molecule has 32 heavy (non-hydrogen) atoms. The molecule has 3 aliphatic rings. The highest BCUT2D eigenvalue weighted by Gasteiger charge is 2.32. The van der Waals surface area contributed by atoms with E-state index in [1.165, 1.54) is 0 Å². The maximum atomic E-state index is 13.4. The zero-order valence-electron chi connectivity index (χ0n) is 18.0. The van der Waals surface area contributed by atoms with Gasteiger partial charge in [0.05, 0.1) is 19.3 Å². The smallest absolute Gasteiger partial charge is 0.254 e. The van der Waals surface area contributed by atoms with E-state index in [-0.39, 0.29) is 17.9 Å². The van der Waals surface area contributed by atoms with E-state index in [9.17, 15) is 9.59 Å². The second-order valence-corrected chi connectivity index (χ2v) is 8.48. The molecule has 3 aliphatic heterocycles. The van der Waals surface area contributed by atoms with Crippen LogP contribution < -0.4 is 14.8 Å². The summed E-state index contributed by atoms with van der Waals surface area (Å²) in [5.74, 6) is 1.32. The Morgan fingerprint density at radius 2 is 1.78 bits per heavy atom. The van der Waals surface area contributed by atoms with E-state index in [2.05, 4.69) is 5.32 Å². The molecule has 2 fully saturated rings. The number of likely N-dealkylation sites (tertiary alicyclic amines) is 1. The van der Waals surface area contributed by atoms with Crippen molar-refractivity contribution in [3.05, 3.63) is 53.6 Å². The van der Waals surface area contributed by atoms with Gasteiger partial charge in [0.25, 0.3) is 11.8 Å². The van der Waals surface area contributed by atoms with Crippen molar-refractivity contribution in [2.45, 2.75) is 44.2 Å². The average molecular weight is 437 g/mol. The molecule has 2 saturated heterocycles. The van der Waals surface area contributed by atoms with Gasteiger partial charge in [0, 0.05) is 30.8 Å². The summed E-state index contributed by atoms with van der Waals surface area (Å²) in [4.78, 5) is 27.7. The van der Waals surface area contributed by atoms with Crippen molar-refractivity contribution >= 4 is 17.5 Å². The van der Waals surface area contributed by atoms with Crippen LogP contribution in [-0.4, -0.2) is 49.2 Å². The molecule has 1 N–H and O–H groups in total. The highest BCUT2D eigenvalue weighted by Crippen LogP contribution is 2.38. The van der Waals surface area contributed by atoms with Gasteiger partial charge in [-0.25, -0.2) is 0 Å². The molecule has 2 aromatic rings. The van der Waals surface area contributed by atoms with E-state index in [1.54, 1.807) is 24.3 Å². The van der Waals surface area contributed by atoms with E-state index in [0.717, 1.165) is 49.2 Å². The van der Waals surface area contributed by atoms with Crippen LogP contribution in [0.5, 0.6) is 11.5 Å². The quantitative estimate of drug-likeness (QED) is 0.786. The topological polar surface area (TPSA) is 77.1 Å². The Morgan fingerprint density at radius 1 is 0.906 bits per heavy atom. The number of hydrogen-bond donors (Lipinski definition) is 1. The molecule has 7 heteroatoms. The Morgan fingerprint density at radius 3 is 2.62 bits per heavy atom. The van der Waals surface area contributed by atoms with Crippen LogP contribution in [0.3, 0.4) is 0 Å². The van der Waals surface area contributed by atoms with Crippen LogP contribution in [0.25, 0.3) is 0 Å². The van der Waals surface area contributed by atoms with Crippen molar-refractivity contribution in [2.24, 2.45) is 0 Å². The first-order valence-corrected chi connectivity index (χ1v) is 11.4. The first kappa shape index (κ1) is 20.8. The SMILES string of the molecule is O=C(Nc1cccc(C(=O)N2CCC[C@@H]2c2ccc3c(c2)OCCCO3)c1)[C@@H]1CCCO1. The fourth-order valence-corrected chi connectivity index (χ4v) is 4.65. The van der Waals surface area contributed by atoms with Crippen LogP contribution in [0.15, 0.2) is 42.5 Å². The summed E-state index contributed by atoms with van der Waals surface area (Å²) in [6.07, 6.45) is 3.93. The van der Waals surface area contributed by atoms with Gasteiger partial charge >= 0.3 is 0 Å². The number of carbonyl (C=O) groups is 2. The Hall–Kier alpha value is -3.06. The molecule has 2 aromatic carbocycles. The lowest BCUT2D eigenvalue weighted by Crippen LogP contribution is -2.31. The summed E-state index contributed by atoms with van der Waals surface area (Å²) in [7, 11) is 0.